The zero-order valence-corrected chi connectivity index (χ0v) is 13.4. The van der Waals surface area contributed by atoms with Crippen LogP contribution in [0.3, 0.4) is 0 Å². The van der Waals surface area contributed by atoms with Crippen LogP contribution in [0, 0.1) is 0 Å². The molecule has 2 atom stereocenters. The highest BCUT2D eigenvalue weighted by Gasteiger charge is 2.20. The molecule has 20 heavy (non-hydrogen) atoms. The number of rotatable bonds is 4. The molecule has 0 saturated carbocycles. The van der Waals surface area contributed by atoms with Gasteiger partial charge in [0.15, 0.2) is 0 Å². The Morgan fingerprint density at radius 1 is 1.55 bits per heavy atom. The zero-order chi connectivity index (χ0) is 14.5. The number of nitrogens with one attached hydrogen (secondary N) is 1. The second-order valence-corrected chi connectivity index (χ2v) is 5.82. The van der Waals surface area contributed by atoms with E-state index in [0.717, 1.165) is 29.6 Å². The smallest absolute Gasteiger partial charge is 0.338 e. The van der Waals surface area contributed by atoms with Crippen LogP contribution >= 0.6 is 15.9 Å². The highest BCUT2D eigenvalue weighted by molar-refractivity contribution is 9.10. The van der Waals surface area contributed by atoms with Gasteiger partial charge in [0.25, 0.3) is 0 Å². The SMILES string of the molecule is CCOC(=O)c1ccc(NC2CCOC(C)C2)c(Br)c1. The average Bonchev–Trinajstić information content (AvgIpc) is 2.41. The number of halogens is 1. The fourth-order valence-corrected chi connectivity index (χ4v) is 2.82. The molecule has 1 aliphatic heterocycles. The Morgan fingerprint density at radius 3 is 3.00 bits per heavy atom. The maximum absolute atomic E-state index is 11.7. The Bertz CT molecular complexity index is 478. The van der Waals surface area contributed by atoms with Crippen LogP contribution in [0.4, 0.5) is 5.69 Å². The molecule has 0 aliphatic carbocycles. The van der Waals surface area contributed by atoms with Crippen LogP contribution in [-0.2, 0) is 9.47 Å². The first-order valence-corrected chi connectivity index (χ1v) is 7.74. The lowest BCUT2D eigenvalue weighted by atomic mass is 10.0. The van der Waals surface area contributed by atoms with E-state index < -0.39 is 0 Å². The normalized spacial score (nSPS) is 22.4. The molecular weight excluding hydrogens is 322 g/mol. The van der Waals surface area contributed by atoms with Gasteiger partial charge in [0.05, 0.1) is 18.3 Å². The van der Waals surface area contributed by atoms with E-state index in [2.05, 4.69) is 28.2 Å². The van der Waals surface area contributed by atoms with E-state index in [1.807, 2.05) is 6.07 Å². The Kier molecular flexibility index (Phi) is 5.43. The minimum atomic E-state index is -0.292. The Labute approximate surface area is 128 Å². The van der Waals surface area contributed by atoms with Gasteiger partial charge in [-0.1, -0.05) is 0 Å². The summed E-state index contributed by atoms with van der Waals surface area (Å²) in [5, 5.41) is 3.50. The summed E-state index contributed by atoms with van der Waals surface area (Å²) in [6.45, 7) is 5.07. The van der Waals surface area contributed by atoms with Gasteiger partial charge >= 0.3 is 5.97 Å². The van der Waals surface area contributed by atoms with E-state index in [0.29, 0.717) is 24.3 Å². The van der Waals surface area contributed by atoms with Gasteiger partial charge in [-0.25, -0.2) is 4.79 Å². The first-order chi connectivity index (χ1) is 9.60. The van der Waals surface area contributed by atoms with Crippen LogP contribution in [0.1, 0.15) is 37.0 Å². The number of esters is 1. The fraction of sp³-hybridized carbons (Fsp3) is 0.533. The second-order valence-electron chi connectivity index (χ2n) is 4.96. The lowest BCUT2D eigenvalue weighted by Gasteiger charge is -2.29. The van der Waals surface area contributed by atoms with Crippen molar-refractivity contribution in [3.05, 3.63) is 28.2 Å². The van der Waals surface area contributed by atoms with Crippen molar-refractivity contribution in [3.63, 3.8) is 0 Å². The molecule has 1 heterocycles. The third-order valence-electron chi connectivity index (χ3n) is 3.32. The predicted molar refractivity (Wildman–Crippen MR) is 82.2 cm³/mol. The van der Waals surface area contributed by atoms with Crippen LogP contribution in [0.25, 0.3) is 0 Å². The van der Waals surface area contributed by atoms with Crippen LogP contribution in [-0.4, -0.2) is 31.3 Å². The van der Waals surface area contributed by atoms with E-state index in [9.17, 15) is 4.79 Å². The molecule has 1 aromatic carbocycles. The van der Waals surface area contributed by atoms with Crippen LogP contribution in [0.5, 0.6) is 0 Å². The van der Waals surface area contributed by atoms with E-state index >= 15 is 0 Å². The molecule has 0 amide bonds. The van der Waals surface area contributed by atoms with Crippen molar-refractivity contribution < 1.29 is 14.3 Å². The van der Waals surface area contributed by atoms with Gasteiger partial charge in [-0.2, -0.15) is 0 Å². The monoisotopic (exact) mass is 341 g/mol. The molecule has 1 fully saturated rings. The maximum Gasteiger partial charge on any atom is 0.338 e. The highest BCUT2D eigenvalue weighted by Crippen LogP contribution is 2.27. The Morgan fingerprint density at radius 2 is 2.35 bits per heavy atom. The molecule has 1 saturated heterocycles. The summed E-state index contributed by atoms with van der Waals surface area (Å²) in [5.41, 5.74) is 1.56. The lowest BCUT2D eigenvalue weighted by molar-refractivity contribution is 0.0232. The Hall–Kier alpha value is -1.07. The molecule has 0 spiro atoms. The maximum atomic E-state index is 11.7. The van der Waals surface area contributed by atoms with Gasteiger partial charge in [0, 0.05) is 22.8 Å². The molecular formula is C15H20BrNO3. The van der Waals surface area contributed by atoms with Crippen LogP contribution in [0.2, 0.25) is 0 Å². The quantitative estimate of drug-likeness (QED) is 0.850. The molecule has 110 valence electrons. The summed E-state index contributed by atoms with van der Waals surface area (Å²) in [5.74, 6) is -0.292. The van der Waals surface area contributed by atoms with Gasteiger partial charge in [-0.05, 0) is 60.8 Å². The number of benzene rings is 1. The topological polar surface area (TPSA) is 47.6 Å². The van der Waals surface area contributed by atoms with Gasteiger partial charge in [0.2, 0.25) is 0 Å². The molecule has 0 bridgehead atoms. The van der Waals surface area contributed by atoms with Crippen LogP contribution < -0.4 is 5.32 Å². The third kappa shape index (κ3) is 3.96. The molecule has 1 aromatic rings. The van der Waals surface area contributed by atoms with Gasteiger partial charge < -0.3 is 14.8 Å². The van der Waals surface area contributed by atoms with E-state index in [1.165, 1.54) is 0 Å². The average molecular weight is 342 g/mol. The molecule has 5 heteroatoms. The Balaban J connectivity index is 2.04. The van der Waals surface area contributed by atoms with Gasteiger partial charge in [0.1, 0.15) is 0 Å². The first kappa shape index (κ1) is 15.3. The third-order valence-corrected chi connectivity index (χ3v) is 3.98. The van der Waals surface area contributed by atoms with E-state index in [4.69, 9.17) is 9.47 Å². The number of carbonyl (C=O) groups is 1. The molecule has 1 aliphatic rings. The first-order valence-electron chi connectivity index (χ1n) is 6.95. The fourth-order valence-electron chi connectivity index (χ4n) is 2.32. The van der Waals surface area contributed by atoms with Crippen LogP contribution in [0.15, 0.2) is 22.7 Å². The molecule has 0 radical (unpaired) electrons. The van der Waals surface area contributed by atoms with Crippen molar-refractivity contribution in [2.45, 2.75) is 38.8 Å². The summed E-state index contributed by atoms with van der Waals surface area (Å²) in [6, 6.07) is 5.90. The zero-order valence-electron chi connectivity index (χ0n) is 11.8. The summed E-state index contributed by atoms with van der Waals surface area (Å²) in [4.78, 5) is 11.7. The minimum absolute atomic E-state index is 0.291. The van der Waals surface area contributed by atoms with Crippen molar-refractivity contribution in [2.75, 3.05) is 18.5 Å². The standard InChI is InChI=1S/C15H20BrNO3/c1-3-19-15(18)11-4-5-14(13(16)9-11)17-12-6-7-20-10(2)8-12/h4-5,9-10,12,17H,3,6-8H2,1-2H3. The van der Waals surface area contributed by atoms with Gasteiger partial charge in [-0.3, -0.25) is 0 Å². The summed E-state index contributed by atoms with van der Waals surface area (Å²) in [6.07, 6.45) is 2.28. The van der Waals surface area contributed by atoms with Crippen molar-refractivity contribution in [1.82, 2.24) is 0 Å². The van der Waals surface area contributed by atoms with Crippen molar-refractivity contribution >= 4 is 27.6 Å². The number of ether oxygens (including phenoxy) is 2. The molecule has 4 nitrogen and oxygen atoms in total. The second kappa shape index (κ2) is 7.09. The number of carbonyl (C=O) groups excluding carboxylic acids is 1. The van der Waals surface area contributed by atoms with Gasteiger partial charge in [-0.15, -0.1) is 0 Å². The van der Waals surface area contributed by atoms with E-state index in [-0.39, 0.29) is 5.97 Å². The largest absolute Gasteiger partial charge is 0.462 e. The summed E-state index contributed by atoms with van der Waals surface area (Å²) >= 11 is 3.51. The number of hydrogen-bond acceptors (Lipinski definition) is 4. The molecule has 0 aromatic heterocycles. The minimum Gasteiger partial charge on any atom is -0.462 e. The number of hydrogen-bond donors (Lipinski definition) is 1. The molecule has 2 rings (SSSR count). The highest BCUT2D eigenvalue weighted by atomic mass is 79.9. The van der Waals surface area contributed by atoms with Crippen molar-refractivity contribution in [2.24, 2.45) is 0 Å². The lowest BCUT2D eigenvalue weighted by Crippen LogP contribution is -2.32. The number of anilines is 1. The molecule has 2 unspecified atom stereocenters. The van der Waals surface area contributed by atoms with Crippen molar-refractivity contribution in [3.8, 4) is 0 Å². The van der Waals surface area contributed by atoms with E-state index in [1.54, 1.807) is 19.1 Å². The van der Waals surface area contributed by atoms with Crippen molar-refractivity contribution in [1.29, 1.82) is 0 Å². The summed E-state index contributed by atoms with van der Waals surface area (Å²) < 4.78 is 11.4. The summed E-state index contributed by atoms with van der Waals surface area (Å²) in [7, 11) is 0. The predicted octanol–water partition coefficient (Wildman–Crippen LogP) is 3.61. The molecule has 1 N–H and O–H groups in total.